The van der Waals surface area contributed by atoms with Crippen LogP contribution in [-0.2, 0) is 4.74 Å². The third-order valence-corrected chi connectivity index (χ3v) is 4.18. The van der Waals surface area contributed by atoms with Crippen LogP contribution in [0.15, 0.2) is 0 Å². The van der Waals surface area contributed by atoms with Crippen LogP contribution >= 0.6 is 12.2 Å². The minimum Gasteiger partial charge on any atom is -0.374 e. The summed E-state index contributed by atoms with van der Waals surface area (Å²) in [4.78, 5) is 2.37. The quantitative estimate of drug-likeness (QED) is 0.618. The Balaban J connectivity index is 1.87. The minimum atomic E-state index is 0.420. The van der Waals surface area contributed by atoms with E-state index in [1.165, 1.54) is 38.5 Å². The first kappa shape index (κ1) is 13.1. The Morgan fingerprint density at radius 2 is 2.24 bits per heavy atom. The first-order valence-corrected chi connectivity index (χ1v) is 7.40. The maximum Gasteiger partial charge on any atom is 0.169 e. The average molecular weight is 256 g/mol. The molecule has 1 aliphatic heterocycles. The molecule has 0 aromatic heterocycles. The van der Waals surface area contributed by atoms with E-state index < -0.39 is 0 Å². The second-order valence-corrected chi connectivity index (χ2v) is 5.43. The van der Waals surface area contributed by atoms with E-state index in [9.17, 15) is 0 Å². The van der Waals surface area contributed by atoms with Gasteiger partial charge in [0.05, 0.1) is 18.8 Å². The molecular formula is C13H24N2OS. The van der Waals surface area contributed by atoms with Crippen LogP contribution in [0.5, 0.6) is 0 Å². The molecule has 2 unspecified atom stereocenters. The summed E-state index contributed by atoms with van der Waals surface area (Å²) >= 11 is 5.51. The number of rotatable bonds is 3. The van der Waals surface area contributed by atoms with Gasteiger partial charge < -0.3 is 15.0 Å². The Hall–Kier alpha value is -0.350. The Morgan fingerprint density at radius 1 is 1.41 bits per heavy atom. The molecule has 0 amide bonds. The maximum absolute atomic E-state index is 5.86. The number of morpholine rings is 1. The molecule has 1 saturated carbocycles. The summed E-state index contributed by atoms with van der Waals surface area (Å²) in [5.41, 5.74) is 0. The lowest BCUT2D eigenvalue weighted by atomic mass is 9.90. The third-order valence-electron chi connectivity index (χ3n) is 3.80. The number of nitrogens with one attached hydrogen (secondary N) is 1. The zero-order valence-corrected chi connectivity index (χ0v) is 11.6. The molecule has 17 heavy (non-hydrogen) atoms. The van der Waals surface area contributed by atoms with Crippen LogP contribution in [0, 0.1) is 0 Å². The fourth-order valence-electron chi connectivity index (χ4n) is 2.82. The monoisotopic (exact) mass is 256 g/mol. The molecule has 1 aliphatic carbocycles. The van der Waals surface area contributed by atoms with Crippen molar-refractivity contribution in [2.75, 3.05) is 19.7 Å². The van der Waals surface area contributed by atoms with Crippen molar-refractivity contribution >= 4 is 17.3 Å². The predicted octanol–water partition coefficient (Wildman–Crippen LogP) is 2.30. The molecule has 0 spiro atoms. The molecule has 1 heterocycles. The van der Waals surface area contributed by atoms with Crippen LogP contribution in [-0.4, -0.2) is 41.9 Å². The van der Waals surface area contributed by atoms with Gasteiger partial charge in [-0.15, -0.1) is 0 Å². The topological polar surface area (TPSA) is 24.5 Å². The predicted molar refractivity (Wildman–Crippen MR) is 74.2 cm³/mol. The number of thiocarbonyl (C=S) groups is 1. The molecule has 0 bridgehead atoms. The third kappa shape index (κ3) is 3.32. The highest BCUT2D eigenvalue weighted by Gasteiger charge is 2.35. The summed E-state index contributed by atoms with van der Waals surface area (Å²) in [6, 6.07) is 0.527. The highest BCUT2D eigenvalue weighted by atomic mass is 32.1. The summed E-state index contributed by atoms with van der Waals surface area (Å²) in [7, 11) is 0. The van der Waals surface area contributed by atoms with Crippen LogP contribution in [0.2, 0.25) is 0 Å². The summed E-state index contributed by atoms with van der Waals surface area (Å²) in [6.45, 7) is 5.00. The van der Waals surface area contributed by atoms with E-state index in [0.29, 0.717) is 12.1 Å². The van der Waals surface area contributed by atoms with Gasteiger partial charge in [0.1, 0.15) is 0 Å². The largest absolute Gasteiger partial charge is 0.374 e. The first-order valence-electron chi connectivity index (χ1n) is 6.99. The van der Waals surface area contributed by atoms with E-state index in [1.54, 1.807) is 0 Å². The summed E-state index contributed by atoms with van der Waals surface area (Å²) in [5, 5.41) is 4.33. The number of nitrogens with zero attached hydrogens (tertiary/aromatic N) is 1. The molecule has 2 fully saturated rings. The second-order valence-electron chi connectivity index (χ2n) is 5.04. The smallest absolute Gasteiger partial charge is 0.169 e. The van der Waals surface area contributed by atoms with Gasteiger partial charge in [-0.3, -0.25) is 0 Å². The molecule has 1 saturated heterocycles. The van der Waals surface area contributed by atoms with Crippen molar-refractivity contribution in [3.8, 4) is 0 Å². The molecule has 0 aromatic carbocycles. The van der Waals surface area contributed by atoms with Crippen LogP contribution in [0.3, 0.4) is 0 Å². The molecule has 1 N–H and O–H groups in total. The molecule has 0 aromatic rings. The second kappa shape index (κ2) is 6.55. The van der Waals surface area contributed by atoms with Crippen molar-refractivity contribution in [2.24, 2.45) is 0 Å². The average Bonchev–Trinajstić information content (AvgIpc) is 2.38. The molecular weight excluding hydrogens is 232 g/mol. The van der Waals surface area contributed by atoms with Gasteiger partial charge in [-0.25, -0.2) is 0 Å². The van der Waals surface area contributed by atoms with Crippen molar-refractivity contribution in [3.63, 3.8) is 0 Å². The van der Waals surface area contributed by atoms with Crippen molar-refractivity contribution in [1.29, 1.82) is 0 Å². The van der Waals surface area contributed by atoms with E-state index in [2.05, 4.69) is 17.1 Å². The van der Waals surface area contributed by atoms with Gasteiger partial charge in [0.25, 0.3) is 0 Å². The lowest BCUT2D eigenvalue weighted by Crippen LogP contribution is -2.57. The van der Waals surface area contributed by atoms with Crippen molar-refractivity contribution < 1.29 is 4.74 Å². The maximum atomic E-state index is 5.86. The van der Waals surface area contributed by atoms with E-state index in [1.807, 2.05) is 0 Å². The zero-order valence-electron chi connectivity index (χ0n) is 10.8. The summed E-state index contributed by atoms with van der Waals surface area (Å²) < 4.78 is 5.86. The molecule has 2 atom stereocenters. The SMILES string of the molecule is CCCCNC(=S)N1CCOC2CCCCC21. The van der Waals surface area contributed by atoms with Crippen molar-refractivity contribution in [2.45, 2.75) is 57.6 Å². The lowest BCUT2D eigenvalue weighted by Gasteiger charge is -2.45. The number of hydrogen-bond acceptors (Lipinski definition) is 2. The van der Waals surface area contributed by atoms with Gasteiger partial charge in [-0.1, -0.05) is 26.2 Å². The van der Waals surface area contributed by atoms with Crippen LogP contribution in [0.1, 0.15) is 45.4 Å². The lowest BCUT2D eigenvalue weighted by molar-refractivity contribution is -0.0638. The van der Waals surface area contributed by atoms with Gasteiger partial charge in [0, 0.05) is 13.1 Å². The highest BCUT2D eigenvalue weighted by Crippen LogP contribution is 2.28. The van der Waals surface area contributed by atoms with Crippen LogP contribution in [0.4, 0.5) is 0 Å². The van der Waals surface area contributed by atoms with Gasteiger partial charge in [0.2, 0.25) is 0 Å². The Bertz CT molecular complexity index is 258. The van der Waals surface area contributed by atoms with Crippen LogP contribution in [0.25, 0.3) is 0 Å². The highest BCUT2D eigenvalue weighted by molar-refractivity contribution is 7.80. The number of fused-ring (bicyclic) bond motifs is 1. The summed E-state index contributed by atoms with van der Waals surface area (Å²) in [6.07, 6.45) is 7.90. The number of ether oxygens (including phenoxy) is 1. The van der Waals surface area contributed by atoms with E-state index in [4.69, 9.17) is 17.0 Å². The Labute approximate surface area is 110 Å². The Kier molecular flexibility index (Phi) is 5.04. The van der Waals surface area contributed by atoms with E-state index in [-0.39, 0.29) is 0 Å². The van der Waals surface area contributed by atoms with Crippen molar-refractivity contribution in [3.05, 3.63) is 0 Å². The van der Waals surface area contributed by atoms with Gasteiger partial charge in [-0.05, 0) is 31.5 Å². The fourth-order valence-corrected chi connectivity index (χ4v) is 3.15. The number of unbranched alkanes of at least 4 members (excludes halogenated alkanes) is 1. The Morgan fingerprint density at radius 3 is 3.06 bits per heavy atom. The molecule has 4 heteroatoms. The van der Waals surface area contributed by atoms with E-state index in [0.717, 1.165) is 24.8 Å². The van der Waals surface area contributed by atoms with E-state index >= 15 is 0 Å². The summed E-state index contributed by atoms with van der Waals surface area (Å²) in [5.74, 6) is 0. The molecule has 2 aliphatic rings. The molecule has 2 rings (SSSR count). The normalized spacial score (nSPS) is 28.6. The fraction of sp³-hybridized carbons (Fsp3) is 0.923. The molecule has 3 nitrogen and oxygen atoms in total. The first-order chi connectivity index (χ1) is 8.33. The van der Waals surface area contributed by atoms with Gasteiger partial charge >= 0.3 is 0 Å². The zero-order chi connectivity index (χ0) is 12.1. The molecule has 0 radical (unpaired) electrons. The van der Waals surface area contributed by atoms with Gasteiger partial charge in [-0.2, -0.15) is 0 Å². The standard InChI is InChI=1S/C13H24N2OS/c1-2-3-8-14-13(17)15-9-10-16-12-7-5-4-6-11(12)15/h11-12H,2-10H2,1H3,(H,14,17). The molecule has 98 valence electrons. The van der Waals surface area contributed by atoms with Gasteiger partial charge in [0.15, 0.2) is 5.11 Å². The van der Waals surface area contributed by atoms with Crippen LogP contribution < -0.4 is 5.32 Å². The number of hydrogen-bond donors (Lipinski definition) is 1. The van der Waals surface area contributed by atoms with Crippen molar-refractivity contribution in [1.82, 2.24) is 10.2 Å². The minimum absolute atomic E-state index is 0.420.